The van der Waals surface area contributed by atoms with Crippen molar-refractivity contribution in [1.82, 2.24) is 10.2 Å². The topological polar surface area (TPSA) is 64.1 Å². The molecule has 1 N–H and O–H groups in total. The zero-order chi connectivity index (χ0) is 9.97. The number of ether oxygens (including phenoxy) is 1. The van der Waals surface area contributed by atoms with Gasteiger partial charge in [-0.1, -0.05) is 11.3 Å². The second-order valence-electron chi connectivity index (χ2n) is 2.84. The Labute approximate surface area is 84.8 Å². The minimum Gasteiger partial charge on any atom is -0.500 e. The maximum atomic E-state index is 11.5. The van der Waals surface area contributed by atoms with E-state index in [0.717, 1.165) is 5.01 Å². The molecule has 5 nitrogen and oxygen atoms in total. The predicted molar refractivity (Wildman–Crippen MR) is 51.9 cm³/mol. The van der Waals surface area contributed by atoms with Gasteiger partial charge in [-0.25, -0.2) is 0 Å². The zero-order valence-electron chi connectivity index (χ0n) is 7.61. The van der Waals surface area contributed by atoms with E-state index in [1.54, 1.807) is 0 Å². The summed E-state index contributed by atoms with van der Waals surface area (Å²) in [6, 6.07) is 0. The highest BCUT2D eigenvalue weighted by molar-refractivity contribution is 7.15. The average molecular weight is 211 g/mol. The van der Waals surface area contributed by atoms with Crippen LogP contribution >= 0.6 is 11.3 Å². The van der Waals surface area contributed by atoms with Crippen molar-refractivity contribution in [3.8, 4) is 0 Å². The van der Waals surface area contributed by atoms with Gasteiger partial charge in [-0.2, -0.15) is 0 Å². The number of amides is 1. The molecule has 2 heterocycles. The quantitative estimate of drug-likeness (QED) is 0.795. The van der Waals surface area contributed by atoms with Crippen LogP contribution in [0.1, 0.15) is 11.4 Å². The van der Waals surface area contributed by atoms with Crippen LogP contribution in [-0.4, -0.2) is 22.7 Å². The van der Waals surface area contributed by atoms with Crippen molar-refractivity contribution < 1.29 is 9.53 Å². The number of rotatable bonds is 2. The van der Waals surface area contributed by atoms with Crippen molar-refractivity contribution in [2.75, 3.05) is 11.9 Å². The van der Waals surface area contributed by atoms with E-state index >= 15 is 0 Å². The summed E-state index contributed by atoms with van der Waals surface area (Å²) in [5.74, 6) is -0.154. The Kier molecular flexibility index (Phi) is 2.45. The highest BCUT2D eigenvalue weighted by Gasteiger charge is 2.15. The monoisotopic (exact) mass is 211 g/mol. The molecule has 0 aliphatic carbocycles. The molecule has 1 aromatic rings. The van der Waals surface area contributed by atoms with Gasteiger partial charge in [0.1, 0.15) is 5.01 Å². The summed E-state index contributed by atoms with van der Waals surface area (Å²) in [6.45, 7) is 2.42. The van der Waals surface area contributed by atoms with Gasteiger partial charge in [-0.15, -0.1) is 10.2 Å². The molecule has 0 radical (unpaired) electrons. The van der Waals surface area contributed by atoms with E-state index in [1.807, 2.05) is 6.92 Å². The van der Waals surface area contributed by atoms with E-state index < -0.39 is 0 Å². The van der Waals surface area contributed by atoms with Gasteiger partial charge < -0.3 is 4.74 Å². The van der Waals surface area contributed by atoms with Crippen molar-refractivity contribution in [3.63, 3.8) is 0 Å². The van der Waals surface area contributed by atoms with Crippen LogP contribution in [-0.2, 0) is 9.53 Å². The van der Waals surface area contributed by atoms with Crippen molar-refractivity contribution in [2.24, 2.45) is 0 Å². The number of nitrogens with zero attached hydrogens (tertiary/aromatic N) is 2. The van der Waals surface area contributed by atoms with Crippen molar-refractivity contribution in [1.29, 1.82) is 0 Å². The van der Waals surface area contributed by atoms with E-state index in [-0.39, 0.29) is 5.91 Å². The Hall–Kier alpha value is -1.43. The maximum absolute atomic E-state index is 11.5. The Morgan fingerprint density at radius 3 is 3.07 bits per heavy atom. The van der Waals surface area contributed by atoms with E-state index in [2.05, 4.69) is 15.5 Å². The van der Waals surface area contributed by atoms with E-state index in [1.165, 1.54) is 17.6 Å². The lowest BCUT2D eigenvalue weighted by molar-refractivity contribution is -0.112. The van der Waals surface area contributed by atoms with Gasteiger partial charge in [0, 0.05) is 6.42 Å². The standard InChI is InChI=1S/C8H9N3O2S/c1-5-10-11-8(14-5)9-7(12)6-2-3-13-4-6/h4H,2-3H2,1H3,(H,9,11,12). The third kappa shape index (κ3) is 1.90. The fourth-order valence-corrected chi connectivity index (χ4v) is 1.67. The molecule has 1 aromatic heterocycles. The number of aromatic nitrogens is 2. The Morgan fingerprint density at radius 2 is 2.50 bits per heavy atom. The van der Waals surface area contributed by atoms with E-state index in [9.17, 15) is 4.79 Å². The van der Waals surface area contributed by atoms with Gasteiger partial charge >= 0.3 is 0 Å². The summed E-state index contributed by atoms with van der Waals surface area (Å²) >= 11 is 1.35. The molecule has 74 valence electrons. The number of anilines is 1. The molecule has 0 bridgehead atoms. The molecule has 0 spiro atoms. The predicted octanol–water partition coefficient (Wildman–Crippen LogP) is 1.09. The summed E-state index contributed by atoms with van der Waals surface area (Å²) in [7, 11) is 0. The molecule has 0 saturated heterocycles. The molecule has 0 atom stereocenters. The van der Waals surface area contributed by atoms with Gasteiger partial charge in [0.25, 0.3) is 5.91 Å². The average Bonchev–Trinajstić information content (AvgIpc) is 2.75. The largest absolute Gasteiger partial charge is 0.500 e. The normalized spacial score (nSPS) is 14.8. The van der Waals surface area contributed by atoms with Gasteiger partial charge in [-0.3, -0.25) is 10.1 Å². The number of hydrogen-bond donors (Lipinski definition) is 1. The molecular weight excluding hydrogens is 202 g/mol. The highest BCUT2D eigenvalue weighted by atomic mass is 32.1. The van der Waals surface area contributed by atoms with Crippen LogP contribution in [0.25, 0.3) is 0 Å². The number of nitrogens with one attached hydrogen (secondary N) is 1. The first kappa shape index (κ1) is 9.14. The third-order valence-electron chi connectivity index (χ3n) is 1.75. The molecule has 1 amide bonds. The Balaban J connectivity index is 2.01. The molecule has 0 fully saturated rings. The minimum absolute atomic E-state index is 0.154. The number of hydrogen-bond acceptors (Lipinski definition) is 5. The van der Waals surface area contributed by atoms with Crippen LogP contribution in [0.5, 0.6) is 0 Å². The molecule has 6 heteroatoms. The molecule has 14 heavy (non-hydrogen) atoms. The summed E-state index contributed by atoms with van der Waals surface area (Å²) < 4.78 is 4.97. The van der Waals surface area contributed by atoms with Crippen molar-refractivity contribution in [2.45, 2.75) is 13.3 Å². The summed E-state index contributed by atoms with van der Waals surface area (Å²) in [6.07, 6.45) is 2.15. The molecule has 2 rings (SSSR count). The fraction of sp³-hybridized carbons (Fsp3) is 0.375. The van der Waals surface area contributed by atoms with Gasteiger partial charge in [0.15, 0.2) is 0 Å². The minimum atomic E-state index is -0.154. The molecule has 0 unspecified atom stereocenters. The lowest BCUT2D eigenvalue weighted by atomic mass is 10.2. The van der Waals surface area contributed by atoms with Crippen LogP contribution in [0, 0.1) is 6.92 Å². The number of carbonyl (C=O) groups is 1. The van der Waals surface area contributed by atoms with Crippen LogP contribution < -0.4 is 5.32 Å². The first-order chi connectivity index (χ1) is 6.75. The van der Waals surface area contributed by atoms with Crippen LogP contribution in [0.2, 0.25) is 0 Å². The van der Waals surface area contributed by atoms with Crippen molar-refractivity contribution >= 4 is 22.4 Å². The highest BCUT2D eigenvalue weighted by Crippen LogP contribution is 2.17. The summed E-state index contributed by atoms with van der Waals surface area (Å²) in [5.41, 5.74) is 0.651. The van der Waals surface area contributed by atoms with Crippen molar-refractivity contribution in [3.05, 3.63) is 16.8 Å². The first-order valence-electron chi connectivity index (χ1n) is 4.18. The molecule has 0 aromatic carbocycles. The molecule has 1 aliphatic rings. The number of carbonyl (C=O) groups excluding carboxylic acids is 1. The van der Waals surface area contributed by atoms with Gasteiger partial charge in [-0.05, 0) is 6.92 Å². The third-order valence-corrected chi connectivity index (χ3v) is 2.51. The molecule has 1 aliphatic heterocycles. The SMILES string of the molecule is Cc1nnc(NC(=O)C2=COCC2)s1. The fourth-order valence-electron chi connectivity index (χ4n) is 1.08. The smallest absolute Gasteiger partial charge is 0.256 e. The van der Waals surface area contributed by atoms with E-state index in [0.29, 0.717) is 23.7 Å². The first-order valence-corrected chi connectivity index (χ1v) is 4.99. The van der Waals surface area contributed by atoms with Gasteiger partial charge in [0.2, 0.25) is 5.13 Å². The maximum Gasteiger partial charge on any atom is 0.256 e. The van der Waals surface area contributed by atoms with Crippen LogP contribution in [0.3, 0.4) is 0 Å². The Bertz CT molecular complexity index is 386. The van der Waals surface area contributed by atoms with Crippen LogP contribution in [0.15, 0.2) is 11.8 Å². The Morgan fingerprint density at radius 1 is 1.64 bits per heavy atom. The van der Waals surface area contributed by atoms with Crippen LogP contribution in [0.4, 0.5) is 5.13 Å². The second-order valence-corrected chi connectivity index (χ2v) is 4.03. The molecular formula is C8H9N3O2S. The zero-order valence-corrected chi connectivity index (χ0v) is 8.43. The summed E-state index contributed by atoms with van der Waals surface area (Å²) in [5, 5.41) is 11.6. The number of aryl methyl sites for hydroxylation is 1. The summed E-state index contributed by atoms with van der Waals surface area (Å²) in [4.78, 5) is 11.5. The van der Waals surface area contributed by atoms with Gasteiger partial charge in [0.05, 0.1) is 18.4 Å². The lowest BCUT2D eigenvalue weighted by Gasteiger charge is -1.98. The lowest BCUT2D eigenvalue weighted by Crippen LogP contribution is -2.13. The van der Waals surface area contributed by atoms with E-state index in [4.69, 9.17) is 4.74 Å². The molecule has 0 saturated carbocycles. The second kappa shape index (κ2) is 3.75.